The van der Waals surface area contributed by atoms with Crippen molar-refractivity contribution in [3.05, 3.63) is 11.9 Å². The molecule has 2 rings (SSSR count). The first-order valence-corrected chi connectivity index (χ1v) is 5.58. The van der Waals surface area contributed by atoms with E-state index in [9.17, 15) is 4.79 Å². The zero-order valence-electron chi connectivity index (χ0n) is 10.4. The minimum absolute atomic E-state index is 0.112. The quantitative estimate of drug-likeness (QED) is 0.761. The molecule has 1 fully saturated rings. The number of amides is 1. The molecule has 1 aromatic heterocycles. The third kappa shape index (κ3) is 2.05. The van der Waals surface area contributed by atoms with E-state index in [1.165, 1.54) is 0 Å². The van der Waals surface area contributed by atoms with Gasteiger partial charge >= 0.3 is 0 Å². The van der Waals surface area contributed by atoms with Crippen molar-refractivity contribution in [2.24, 2.45) is 18.2 Å². The number of aryl methyl sites for hydroxylation is 2. The Bertz CT molecular complexity index is 443. The fourth-order valence-electron chi connectivity index (χ4n) is 1.91. The van der Waals surface area contributed by atoms with Crippen molar-refractivity contribution in [3.8, 4) is 0 Å². The molecule has 94 valence electrons. The minimum atomic E-state index is -0.664. The second-order valence-corrected chi connectivity index (χ2v) is 4.80. The summed E-state index contributed by atoms with van der Waals surface area (Å²) < 4.78 is 6.93. The number of rotatable bonds is 2. The zero-order valence-corrected chi connectivity index (χ0v) is 10.4. The third-order valence-corrected chi connectivity index (χ3v) is 3.30. The first kappa shape index (κ1) is 12.1. The van der Waals surface area contributed by atoms with E-state index < -0.39 is 5.41 Å². The van der Waals surface area contributed by atoms with Crippen LogP contribution in [0.5, 0.6) is 0 Å². The predicted molar refractivity (Wildman–Crippen MR) is 63.5 cm³/mol. The standard InChI is InChI=1S/C11H18N4O2/c1-7-8(4-15(3)14-7)13-10(16)11(2)6-17-5-9(11)12/h4,9H,5-6,12H2,1-3H3,(H,13,16). The summed E-state index contributed by atoms with van der Waals surface area (Å²) in [5.74, 6) is -0.112. The normalized spacial score (nSPS) is 28.4. The van der Waals surface area contributed by atoms with Crippen molar-refractivity contribution in [1.29, 1.82) is 0 Å². The van der Waals surface area contributed by atoms with Gasteiger partial charge in [0, 0.05) is 19.3 Å². The molecule has 0 aromatic carbocycles. The summed E-state index contributed by atoms with van der Waals surface area (Å²) in [6, 6.07) is -0.264. The Morgan fingerprint density at radius 1 is 1.76 bits per heavy atom. The highest BCUT2D eigenvalue weighted by atomic mass is 16.5. The van der Waals surface area contributed by atoms with E-state index >= 15 is 0 Å². The van der Waals surface area contributed by atoms with Crippen molar-refractivity contribution in [3.63, 3.8) is 0 Å². The predicted octanol–water partition coefficient (Wildman–Crippen LogP) is 0.0308. The van der Waals surface area contributed by atoms with Crippen molar-refractivity contribution < 1.29 is 9.53 Å². The minimum Gasteiger partial charge on any atom is -0.379 e. The Kier molecular flexibility index (Phi) is 2.92. The molecule has 1 aromatic rings. The number of hydrogen-bond donors (Lipinski definition) is 2. The largest absolute Gasteiger partial charge is 0.379 e. The molecule has 0 bridgehead atoms. The van der Waals surface area contributed by atoms with E-state index in [-0.39, 0.29) is 11.9 Å². The molecule has 2 heterocycles. The van der Waals surface area contributed by atoms with E-state index in [0.717, 1.165) is 11.4 Å². The molecule has 6 heteroatoms. The molecule has 2 atom stereocenters. The van der Waals surface area contributed by atoms with E-state index in [1.54, 1.807) is 10.9 Å². The van der Waals surface area contributed by atoms with Gasteiger partial charge in [0.2, 0.25) is 5.91 Å². The smallest absolute Gasteiger partial charge is 0.234 e. The average molecular weight is 238 g/mol. The maximum absolute atomic E-state index is 12.2. The number of hydrogen-bond acceptors (Lipinski definition) is 4. The van der Waals surface area contributed by atoms with Gasteiger partial charge in [0.15, 0.2) is 0 Å². The first-order chi connectivity index (χ1) is 7.93. The van der Waals surface area contributed by atoms with Gasteiger partial charge in [-0.15, -0.1) is 0 Å². The van der Waals surface area contributed by atoms with Gasteiger partial charge in [-0.2, -0.15) is 5.10 Å². The molecule has 17 heavy (non-hydrogen) atoms. The fraction of sp³-hybridized carbons (Fsp3) is 0.636. The number of nitrogens with one attached hydrogen (secondary N) is 1. The van der Waals surface area contributed by atoms with Crippen LogP contribution < -0.4 is 11.1 Å². The van der Waals surface area contributed by atoms with Crippen LogP contribution in [0.1, 0.15) is 12.6 Å². The van der Waals surface area contributed by atoms with Crippen molar-refractivity contribution >= 4 is 11.6 Å². The van der Waals surface area contributed by atoms with Crippen LogP contribution in [0.25, 0.3) is 0 Å². The average Bonchev–Trinajstić information content (AvgIpc) is 2.73. The Hall–Kier alpha value is -1.40. The molecule has 6 nitrogen and oxygen atoms in total. The Balaban J connectivity index is 2.14. The highest BCUT2D eigenvalue weighted by molar-refractivity contribution is 5.96. The fourth-order valence-corrected chi connectivity index (χ4v) is 1.91. The Morgan fingerprint density at radius 2 is 2.47 bits per heavy atom. The van der Waals surface area contributed by atoms with Gasteiger partial charge in [-0.1, -0.05) is 0 Å². The maximum Gasteiger partial charge on any atom is 0.234 e. The van der Waals surface area contributed by atoms with Gasteiger partial charge in [-0.25, -0.2) is 0 Å². The van der Waals surface area contributed by atoms with Crippen molar-refractivity contribution in [2.75, 3.05) is 18.5 Å². The Morgan fingerprint density at radius 3 is 2.94 bits per heavy atom. The summed E-state index contributed by atoms with van der Waals surface area (Å²) >= 11 is 0. The van der Waals surface area contributed by atoms with Gasteiger partial charge in [0.1, 0.15) is 0 Å². The lowest BCUT2D eigenvalue weighted by Gasteiger charge is -2.25. The molecule has 0 radical (unpaired) electrons. The zero-order chi connectivity index (χ0) is 12.6. The summed E-state index contributed by atoms with van der Waals surface area (Å²) in [7, 11) is 1.81. The van der Waals surface area contributed by atoms with Crippen molar-refractivity contribution in [2.45, 2.75) is 19.9 Å². The summed E-state index contributed by atoms with van der Waals surface area (Å²) in [5, 5.41) is 7.03. The molecular formula is C11H18N4O2. The molecule has 0 saturated carbocycles. The lowest BCUT2D eigenvalue weighted by atomic mass is 9.85. The molecule has 0 spiro atoms. The molecule has 1 aliphatic heterocycles. The first-order valence-electron chi connectivity index (χ1n) is 5.58. The van der Waals surface area contributed by atoms with E-state index in [4.69, 9.17) is 10.5 Å². The van der Waals surface area contributed by atoms with Gasteiger partial charge < -0.3 is 15.8 Å². The monoisotopic (exact) mass is 238 g/mol. The topological polar surface area (TPSA) is 82.2 Å². The summed E-state index contributed by atoms with van der Waals surface area (Å²) in [6.45, 7) is 4.46. The number of nitrogens with two attached hydrogens (primary N) is 1. The van der Waals surface area contributed by atoms with Crippen LogP contribution in [0.2, 0.25) is 0 Å². The van der Waals surface area contributed by atoms with E-state index in [1.807, 2.05) is 20.9 Å². The molecule has 1 saturated heterocycles. The molecule has 2 unspecified atom stereocenters. The number of carbonyl (C=O) groups is 1. The molecule has 0 aliphatic carbocycles. The van der Waals surface area contributed by atoms with Gasteiger partial charge in [-0.3, -0.25) is 9.48 Å². The van der Waals surface area contributed by atoms with Crippen LogP contribution >= 0.6 is 0 Å². The van der Waals surface area contributed by atoms with Crippen LogP contribution in [0.3, 0.4) is 0 Å². The van der Waals surface area contributed by atoms with E-state index in [2.05, 4.69) is 10.4 Å². The van der Waals surface area contributed by atoms with Crippen molar-refractivity contribution in [1.82, 2.24) is 9.78 Å². The van der Waals surface area contributed by atoms with Crippen LogP contribution in [-0.4, -0.2) is 34.9 Å². The second kappa shape index (κ2) is 4.12. The van der Waals surface area contributed by atoms with Crippen LogP contribution in [0, 0.1) is 12.3 Å². The van der Waals surface area contributed by atoms with E-state index in [0.29, 0.717) is 13.2 Å². The SMILES string of the molecule is Cc1nn(C)cc1NC(=O)C1(C)COCC1N. The molecular weight excluding hydrogens is 220 g/mol. The van der Waals surface area contributed by atoms with Crippen LogP contribution in [-0.2, 0) is 16.6 Å². The maximum atomic E-state index is 12.2. The Labute approximate surface area is 100 Å². The number of ether oxygens (including phenoxy) is 1. The second-order valence-electron chi connectivity index (χ2n) is 4.80. The van der Waals surface area contributed by atoms with Gasteiger partial charge in [0.25, 0.3) is 0 Å². The molecule has 3 N–H and O–H groups in total. The highest BCUT2D eigenvalue weighted by Crippen LogP contribution is 2.29. The molecule has 1 aliphatic rings. The number of nitrogens with zero attached hydrogens (tertiary/aromatic N) is 2. The lowest BCUT2D eigenvalue weighted by Crippen LogP contribution is -2.47. The van der Waals surface area contributed by atoms with Gasteiger partial charge in [-0.05, 0) is 13.8 Å². The summed E-state index contributed by atoms with van der Waals surface area (Å²) in [5.41, 5.74) is 6.75. The third-order valence-electron chi connectivity index (χ3n) is 3.30. The molecule has 1 amide bonds. The van der Waals surface area contributed by atoms with Gasteiger partial charge in [0.05, 0.1) is 30.0 Å². The number of anilines is 1. The number of carbonyl (C=O) groups excluding carboxylic acids is 1. The summed E-state index contributed by atoms with van der Waals surface area (Å²) in [6.07, 6.45) is 1.78. The number of aromatic nitrogens is 2. The van der Waals surface area contributed by atoms with Crippen LogP contribution in [0.4, 0.5) is 5.69 Å². The lowest BCUT2D eigenvalue weighted by molar-refractivity contribution is -0.125. The van der Waals surface area contributed by atoms with Crippen LogP contribution in [0.15, 0.2) is 6.20 Å². The highest BCUT2D eigenvalue weighted by Gasteiger charge is 2.44. The summed E-state index contributed by atoms with van der Waals surface area (Å²) in [4.78, 5) is 12.2.